The van der Waals surface area contributed by atoms with Crippen molar-refractivity contribution < 1.29 is 4.79 Å². The molecule has 0 bridgehead atoms. The summed E-state index contributed by atoms with van der Waals surface area (Å²) in [5.74, 6) is 1.30. The number of hydrogen-bond donors (Lipinski definition) is 1. The molecule has 0 aliphatic carbocycles. The monoisotopic (exact) mass is 311 g/mol. The Balaban J connectivity index is 1.38. The Kier molecular flexibility index (Phi) is 3.83. The molecule has 23 heavy (non-hydrogen) atoms. The molecule has 2 atom stereocenters. The number of likely N-dealkylation sites (tertiary alicyclic amines) is 2. The molecule has 2 aromatic rings. The summed E-state index contributed by atoms with van der Waals surface area (Å²) in [5.41, 5.74) is 1.90. The maximum absolute atomic E-state index is 12.5. The maximum Gasteiger partial charge on any atom is 0.271 e. The van der Waals surface area contributed by atoms with Crippen molar-refractivity contribution in [1.29, 1.82) is 0 Å². The molecular weight excluding hydrogens is 290 g/mol. The number of fused-ring (bicyclic) bond motifs is 1. The molecule has 0 aromatic carbocycles. The average Bonchev–Trinajstić information content (AvgIpc) is 3.24. The van der Waals surface area contributed by atoms with E-state index in [4.69, 9.17) is 0 Å². The number of carbonyl (C=O) groups excluding carboxylic acids is 1. The lowest BCUT2D eigenvalue weighted by Gasteiger charge is -2.34. The van der Waals surface area contributed by atoms with Crippen LogP contribution in [-0.2, 0) is 6.54 Å². The van der Waals surface area contributed by atoms with Gasteiger partial charge in [0.25, 0.3) is 5.91 Å². The van der Waals surface area contributed by atoms with Gasteiger partial charge in [0.1, 0.15) is 5.69 Å². The summed E-state index contributed by atoms with van der Waals surface area (Å²) in [6, 6.07) is 5.91. The van der Waals surface area contributed by atoms with Gasteiger partial charge in [-0.2, -0.15) is 5.10 Å². The van der Waals surface area contributed by atoms with Gasteiger partial charge in [0, 0.05) is 44.8 Å². The van der Waals surface area contributed by atoms with Crippen LogP contribution in [0.25, 0.3) is 0 Å². The molecule has 4 rings (SSSR count). The number of rotatable bonds is 3. The van der Waals surface area contributed by atoms with E-state index in [0.717, 1.165) is 32.7 Å². The van der Waals surface area contributed by atoms with Crippen molar-refractivity contribution in [3.05, 3.63) is 48.0 Å². The first-order valence-corrected chi connectivity index (χ1v) is 8.19. The lowest BCUT2D eigenvalue weighted by molar-refractivity contribution is 0.0778. The van der Waals surface area contributed by atoms with Crippen molar-refractivity contribution >= 4 is 5.91 Å². The van der Waals surface area contributed by atoms with Gasteiger partial charge in [0.2, 0.25) is 0 Å². The summed E-state index contributed by atoms with van der Waals surface area (Å²) < 4.78 is 0. The van der Waals surface area contributed by atoms with E-state index in [-0.39, 0.29) is 5.91 Å². The minimum Gasteiger partial charge on any atom is -0.337 e. The number of piperidine rings is 1. The van der Waals surface area contributed by atoms with E-state index in [9.17, 15) is 4.79 Å². The second-order valence-corrected chi connectivity index (χ2v) is 6.58. The number of hydrogen-bond acceptors (Lipinski definition) is 4. The zero-order valence-electron chi connectivity index (χ0n) is 13.1. The molecule has 6 heteroatoms. The number of amides is 1. The molecule has 2 aromatic heterocycles. The number of H-pyrrole nitrogens is 1. The fraction of sp³-hybridized carbons (Fsp3) is 0.471. The molecule has 0 spiro atoms. The second-order valence-electron chi connectivity index (χ2n) is 6.58. The minimum absolute atomic E-state index is 0.0811. The van der Waals surface area contributed by atoms with Crippen LogP contribution in [0.1, 0.15) is 22.5 Å². The van der Waals surface area contributed by atoms with Gasteiger partial charge in [-0.25, -0.2) is 0 Å². The lowest BCUT2D eigenvalue weighted by Crippen LogP contribution is -2.39. The Morgan fingerprint density at radius 3 is 2.74 bits per heavy atom. The molecule has 0 saturated carbocycles. The van der Waals surface area contributed by atoms with E-state index in [2.05, 4.69) is 32.2 Å². The van der Waals surface area contributed by atoms with Crippen molar-refractivity contribution in [2.75, 3.05) is 26.2 Å². The number of nitrogens with zero attached hydrogens (tertiary/aromatic N) is 4. The van der Waals surface area contributed by atoms with Gasteiger partial charge in [-0.15, -0.1) is 0 Å². The quantitative estimate of drug-likeness (QED) is 0.930. The van der Waals surface area contributed by atoms with Crippen LogP contribution in [0.5, 0.6) is 0 Å². The van der Waals surface area contributed by atoms with Crippen molar-refractivity contribution in [3.63, 3.8) is 0 Å². The molecule has 1 N–H and O–H groups in total. The third kappa shape index (κ3) is 2.99. The maximum atomic E-state index is 12.5. The van der Waals surface area contributed by atoms with Crippen molar-refractivity contribution in [3.8, 4) is 0 Å². The highest BCUT2D eigenvalue weighted by Crippen LogP contribution is 2.32. The second kappa shape index (κ2) is 6.12. The standard InChI is InChI=1S/C17H21N5O/c23-17(16-3-7-19-20-16)22-11-14-4-8-21(10-15(14)12-22)9-13-1-5-18-6-2-13/h1-3,5-7,14-15H,4,8-12H2,(H,19,20)/t14-,15+/m0/s1. The first-order chi connectivity index (χ1) is 11.3. The summed E-state index contributed by atoms with van der Waals surface area (Å²) in [6.07, 6.45) is 6.50. The van der Waals surface area contributed by atoms with E-state index >= 15 is 0 Å². The molecule has 6 nitrogen and oxygen atoms in total. The van der Waals surface area contributed by atoms with Crippen LogP contribution in [0, 0.1) is 11.8 Å². The van der Waals surface area contributed by atoms with E-state index in [1.54, 1.807) is 12.3 Å². The summed E-state index contributed by atoms with van der Waals surface area (Å²) in [6.45, 7) is 4.89. The number of aromatic nitrogens is 3. The van der Waals surface area contributed by atoms with Crippen molar-refractivity contribution in [1.82, 2.24) is 25.0 Å². The van der Waals surface area contributed by atoms with Crippen LogP contribution in [0.2, 0.25) is 0 Å². The number of carbonyl (C=O) groups is 1. The molecule has 4 heterocycles. The minimum atomic E-state index is 0.0811. The number of aromatic amines is 1. The molecule has 2 fully saturated rings. The third-order valence-corrected chi connectivity index (χ3v) is 5.06. The zero-order chi connectivity index (χ0) is 15.6. The van der Waals surface area contributed by atoms with Gasteiger partial charge in [-0.1, -0.05) is 0 Å². The van der Waals surface area contributed by atoms with Crippen LogP contribution in [-0.4, -0.2) is 57.1 Å². The van der Waals surface area contributed by atoms with Crippen LogP contribution in [0.4, 0.5) is 0 Å². The molecule has 1 amide bonds. The number of pyridine rings is 1. The van der Waals surface area contributed by atoms with E-state index in [1.807, 2.05) is 17.3 Å². The highest BCUT2D eigenvalue weighted by molar-refractivity contribution is 5.92. The van der Waals surface area contributed by atoms with Crippen LogP contribution >= 0.6 is 0 Å². The Morgan fingerprint density at radius 2 is 1.96 bits per heavy atom. The van der Waals surface area contributed by atoms with Gasteiger partial charge in [0.05, 0.1) is 0 Å². The summed E-state index contributed by atoms with van der Waals surface area (Å²) in [7, 11) is 0. The Bertz CT molecular complexity index is 657. The Morgan fingerprint density at radius 1 is 1.13 bits per heavy atom. The average molecular weight is 311 g/mol. The van der Waals surface area contributed by atoms with Gasteiger partial charge >= 0.3 is 0 Å². The van der Waals surface area contributed by atoms with Crippen LogP contribution < -0.4 is 0 Å². The Hall–Kier alpha value is -2.21. The van der Waals surface area contributed by atoms with Crippen molar-refractivity contribution in [2.24, 2.45) is 11.8 Å². The fourth-order valence-electron chi connectivity index (χ4n) is 3.85. The van der Waals surface area contributed by atoms with Crippen LogP contribution in [0.3, 0.4) is 0 Å². The summed E-state index contributed by atoms with van der Waals surface area (Å²) in [5, 5.41) is 6.66. The molecule has 120 valence electrons. The molecule has 2 aliphatic heterocycles. The number of nitrogens with one attached hydrogen (secondary N) is 1. The predicted molar refractivity (Wildman–Crippen MR) is 85.6 cm³/mol. The van der Waals surface area contributed by atoms with Gasteiger partial charge in [-0.05, 0) is 48.6 Å². The SMILES string of the molecule is O=C(c1ccn[nH]1)N1C[C@H]2CN(Cc3ccncc3)CC[C@H]2C1. The van der Waals surface area contributed by atoms with E-state index in [1.165, 1.54) is 12.0 Å². The zero-order valence-corrected chi connectivity index (χ0v) is 13.1. The lowest BCUT2D eigenvalue weighted by atomic mass is 9.88. The fourth-order valence-corrected chi connectivity index (χ4v) is 3.85. The highest BCUT2D eigenvalue weighted by Gasteiger charge is 2.39. The predicted octanol–water partition coefficient (Wildman–Crippen LogP) is 1.40. The normalized spacial score (nSPS) is 24.6. The highest BCUT2D eigenvalue weighted by atomic mass is 16.2. The molecule has 2 aliphatic rings. The van der Waals surface area contributed by atoms with Crippen molar-refractivity contribution in [2.45, 2.75) is 13.0 Å². The summed E-state index contributed by atoms with van der Waals surface area (Å²) in [4.78, 5) is 21.0. The first kappa shape index (κ1) is 14.4. The molecule has 0 unspecified atom stereocenters. The third-order valence-electron chi connectivity index (χ3n) is 5.06. The Labute approximate surface area is 135 Å². The van der Waals surface area contributed by atoms with E-state index < -0.39 is 0 Å². The molecule has 0 radical (unpaired) electrons. The smallest absolute Gasteiger partial charge is 0.271 e. The topological polar surface area (TPSA) is 65.1 Å². The van der Waals surface area contributed by atoms with Gasteiger partial charge in [-0.3, -0.25) is 19.8 Å². The molecular formula is C17H21N5O. The first-order valence-electron chi connectivity index (χ1n) is 8.19. The summed E-state index contributed by atoms with van der Waals surface area (Å²) >= 11 is 0. The van der Waals surface area contributed by atoms with Crippen LogP contribution in [0.15, 0.2) is 36.8 Å². The van der Waals surface area contributed by atoms with Gasteiger partial charge < -0.3 is 4.90 Å². The van der Waals surface area contributed by atoms with Gasteiger partial charge in [0.15, 0.2) is 0 Å². The largest absolute Gasteiger partial charge is 0.337 e. The van der Waals surface area contributed by atoms with E-state index in [0.29, 0.717) is 17.5 Å². The molecule has 2 saturated heterocycles.